The Kier molecular flexibility index (Phi) is 3.60. The first-order valence-electron chi connectivity index (χ1n) is 7.20. The van der Waals surface area contributed by atoms with E-state index in [4.69, 9.17) is 4.74 Å². The summed E-state index contributed by atoms with van der Waals surface area (Å²) >= 11 is 0. The molecule has 0 fully saturated rings. The fourth-order valence-electron chi connectivity index (χ4n) is 3.44. The number of ether oxygens (including phenoxy) is 1. The van der Waals surface area contributed by atoms with Crippen LogP contribution in [0.5, 0.6) is 0 Å². The van der Waals surface area contributed by atoms with E-state index in [1.54, 1.807) is 6.07 Å². The highest BCUT2D eigenvalue weighted by Crippen LogP contribution is 2.44. The second kappa shape index (κ2) is 5.34. The van der Waals surface area contributed by atoms with Crippen molar-refractivity contribution < 1.29 is 19.0 Å². The first kappa shape index (κ1) is 15.5. The zero-order valence-electron chi connectivity index (χ0n) is 12.7. The topological polar surface area (TPSA) is 95.2 Å². The summed E-state index contributed by atoms with van der Waals surface area (Å²) in [5, 5.41) is 16.0. The smallest absolute Gasteiger partial charge is 0.312 e. The molecule has 0 bridgehead atoms. The van der Waals surface area contributed by atoms with Crippen LogP contribution < -0.4 is 5.56 Å². The van der Waals surface area contributed by atoms with Gasteiger partial charge in [-0.2, -0.15) is 0 Å². The molecule has 3 N–H and O–H groups in total. The van der Waals surface area contributed by atoms with Crippen LogP contribution in [0.15, 0.2) is 29.1 Å². The standard InChI is InChI=1S/C16H17FN2O4/c1-16(22)7-10-12(14(20)19-18-10)11(13(16)15(21)23-2)8-4-3-5-9(17)6-8/h3-6,11,13,22H,7H2,1-2H3,(H2,18,19,20)/t11-,13+,16-/m0/s1. The number of hydrogen-bond donors (Lipinski definition) is 3. The SMILES string of the molecule is COC(=O)[C@H]1[C@@H](c2cccc(F)c2)c2c([nH][nH]c2=O)C[C@]1(C)O. The molecule has 0 saturated carbocycles. The molecule has 1 aliphatic carbocycles. The summed E-state index contributed by atoms with van der Waals surface area (Å²) in [4.78, 5) is 24.5. The largest absolute Gasteiger partial charge is 0.469 e. The summed E-state index contributed by atoms with van der Waals surface area (Å²) in [6, 6.07) is 5.67. The van der Waals surface area contributed by atoms with Crippen LogP contribution in [0.25, 0.3) is 0 Å². The number of halogens is 1. The van der Waals surface area contributed by atoms with Crippen molar-refractivity contribution in [3.05, 3.63) is 57.3 Å². The Morgan fingerprint density at radius 3 is 2.83 bits per heavy atom. The van der Waals surface area contributed by atoms with Gasteiger partial charge in [0.05, 0.1) is 18.6 Å². The third kappa shape index (κ3) is 2.46. The first-order chi connectivity index (χ1) is 10.8. The van der Waals surface area contributed by atoms with E-state index in [2.05, 4.69) is 10.2 Å². The molecule has 23 heavy (non-hydrogen) atoms. The minimum Gasteiger partial charge on any atom is -0.469 e. The maximum Gasteiger partial charge on any atom is 0.312 e. The molecule has 1 aromatic carbocycles. The lowest BCUT2D eigenvalue weighted by Gasteiger charge is -2.40. The molecule has 0 amide bonds. The third-order valence-electron chi connectivity index (χ3n) is 4.41. The van der Waals surface area contributed by atoms with Crippen LogP contribution in [0.2, 0.25) is 0 Å². The number of hydrogen-bond acceptors (Lipinski definition) is 4. The van der Waals surface area contributed by atoms with Crippen molar-refractivity contribution in [2.45, 2.75) is 24.9 Å². The number of esters is 1. The van der Waals surface area contributed by atoms with E-state index >= 15 is 0 Å². The molecule has 1 aromatic heterocycles. The van der Waals surface area contributed by atoms with Crippen LogP contribution in [0.3, 0.4) is 0 Å². The maximum absolute atomic E-state index is 13.7. The normalized spacial score (nSPS) is 26.6. The number of carbonyl (C=O) groups is 1. The number of nitrogens with one attached hydrogen (secondary N) is 2. The van der Waals surface area contributed by atoms with E-state index in [0.29, 0.717) is 16.8 Å². The lowest BCUT2D eigenvalue weighted by Crippen LogP contribution is -2.49. The van der Waals surface area contributed by atoms with Crippen LogP contribution in [0, 0.1) is 11.7 Å². The molecule has 6 nitrogen and oxygen atoms in total. The number of methoxy groups -OCH3 is 1. The van der Waals surface area contributed by atoms with E-state index in [1.807, 2.05) is 0 Å². The zero-order chi connectivity index (χ0) is 16.8. The Morgan fingerprint density at radius 1 is 1.43 bits per heavy atom. The number of aromatic amines is 2. The molecule has 3 rings (SSSR count). The van der Waals surface area contributed by atoms with Gasteiger partial charge in [0.25, 0.3) is 5.56 Å². The van der Waals surface area contributed by atoms with Crippen molar-refractivity contribution in [3.63, 3.8) is 0 Å². The van der Waals surface area contributed by atoms with Gasteiger partial charge in [0.1, 0.15) is 5.82 Å². The molecule has 0 unspecified atom stereocenters. The molecular formula is C16H17FN2O4. The van der Waals surface area contributed by atoms with Crippen molar-refractivity contribution in [2.75, 3.05) is 7.11 Å². The molecule has 0 spiro atoms. The average Bonchev–Trinajstić information content (AvgIpc) is 2.84. The van der Waals surface area contributed by atoms with Gasteiger partial charge in [-0.1, -0.05) is 12.1 Å². The molecule has 0 radical (unpaired) electrons. The minimum atomic E-state index is -1.44. The summed E-state index contributed by atoms with van der Waals surface area (Å²) in [6.45, 7) is 1.51. The summed E-state index contributed by atoms with van der Waals surface area (Å²) in [7, 11) is 1.22. The second-order valence-electron chi connectivity index (χ2n) is 6.04. The van der Waals surface area contributed by atoms with Gasteiger partial charge in [-0.05, 0) is 24.6 Å². The second-order valence-corrected chi connectivity index (χ2v) is 6.04. The van der Waals surface area contributed by atoms with Crippen LogP contribution in [0.4, 0.5) is 4.39 Å². The predicted molar refractivity (Wildman–Crippen MR) is 79.5 cm³/mol. The Labute approximate surface area is 131 Å². The van der Waals surface area contributed by atoms with Gasteiger partial charge in [0.15, 0.2) is 0 Å². The summed E-state index contributed by atoms with van der Waals surface area (Å²) in [5.74, 6) is -2.94. The van der Waals surface area contributed by atoms with E-state index in [0.717, 1.165) is 0 Å². The quantitative estimate of drug-likeness (QED) is 0.721. The van der Waals surface area contributed by atoms with Crippen LogP contribution in [-0.2, 0) is 16.0 Å². The maximum atomic E-state index is 13.7. The first-order valence-corrected chi connectivity index (χ1v) is 7.20. The highest BCUT2D eigenvalue weighted by molar-refractivity contribution is 5.77. The van der Waals surface area contributed by atoms with Gasteiger partial charge in [-0.15, -0.1) is 0 Å². The number of benzene rings is 1. The monoisotopic (exact) mass is 320 g/mol. The highest BCUT2D eigenvalue weighted by atomic mass is 19.1. The fourth-order valence-corrected chi connectivity index (χ4v) is 3.44. The predicted octanol–water partition coefficient (Wildman–Crippen LogP) is 1.07. The molecule has 1 aliphatic rings. The Bertz CT molecular complexity index is 808. The van der Waals surface area contributed by atoms with Crippen molar-refractivity contribution >= 4 is 5.97 Å². The van der Waals surface area contributed by atoms with E-state index < -0.39 is 34.8 Å². The third-order valence-corrected chi connectivity index (χ3v) is 4.41. The van der Waals surface area contributed by atoms with Crippen molar-refractivity contribution in [1.29, 1.82) is 0 Å². The Morgan fingerprint density at radius 2 is 2.17 bits per heavy atom. The van der Waals surface area contributed by atoms with Crippen molar-refractivity contribution in [2.24, 2.45) is 5.92 Å². The van der Waals surface area contributed by atoms with Gasteiger partial charge < -0.3 is 14.9 Å². The number of fused-ring (bicyclic) bond motifs is 1. The van der Waals surface area contributed by atoms with Crippen LogP contribution in [0.1, 0.15) is 29.7 Å². The van der Waals surface area contributed by atoms with Gasteiger partial charge in [0.2, 0.25) is 0 Å². The number of carbonyl (C=O) groups excluding carboxylic acids is 1. The fraction of sp³-hybridized carbons (Fsp3) is 0.375. The zero-order valence-corrected chi connectivity index (χ0v) is 12.7. The number of rotatable bonds is 2. The van der Waals surface area contributed by atoms with Gasteiger partial charge >= 0.3 is 5.97 Å². The van der Waals surface area contributed by atoms with Crippen molar-refractivity contribution in [1.82, 2.24) is 10.2 Å². The highest BCUT2D eigenvalue weighted by Gasteiger charge is 2.51. The van der Waals surface area contributed by atoms with Gasteiger partial charge in [-0.25, -0.2) is 4.39 Å². The average molecular weight is 320 g/mol. The summed E-state index contributed by atoms with van der Waals surface area (Å²) in [5.41, 5.74) is -0.556. The number of aromatic nitrogens is 2. The molecule has 122 valence electrons. The Hall–Kier alpha value is -2.41. The molecular weight excluding hydrogens is 303 g/mol. The van der Waals surface area contributed by atoms with Gasteiger partial charge in [-0.3, -0.25) is 14.7 Å². The van der Waals surface area contributed by atoms with E-state index in [9.17, 15) is 19.1 Å². The molecule has 0 saturated heterocycles. The number of H-pyrrole nitrogens is 2. The van der Waals surface area contributed by atoms with E-state index in [-0.39, 0.29) is 6.42 Å². The Balaban J connectivity index is 2.26. The lowest BCUT2D eigenvalue weighted by atomic mass is 9.66. The number of aliphatic hydroxyl groups is 1. The van der Waals surface area contributed by atoms with E-state index in [1.165, 1.54) is 32.2 Å². The molecule has 0 aliphatic heterocycles. The molecule has 1 heterocycles. The van der Waals surface area contributed by atoms with Crippen molar-refractivity contribution in [3.8, 4) is 0 Å². The molecule has 2 aromatic rings. The lowest BCUT2D eigenvalue weighted by molar-refractivity contribution is -0.156. The summed E-state index contributed by atoms with van der Waals surface area (Å²) in [6.07, 6.45) is 0.0899. The summed E-state index contributed by atoms with van der Waals surface area (Å²) < 4.78 is 18.5. The molecule has 7 heteroatoms. The molecule has 3 atom stereocenters. The van der Waals surface area contributed by atoms with Crippen LogP contribution in [-0.4, -0.2) is 34.0 Å². The minimum absolute atomic E-state index is 0.0899. The van der Waals surface area contributed by atoms with Crippen LogP contribution >= 0.6 is 0 Å². The van der Waals surface area contributed by atoms with Gasteiger partial charge in [0, 0.05) is 23.6 Å².